The highest BCUT2D eigenvalue weighted by atomic mass is 35.5. The predicted octanol–water partition coefficient (Wildman–Crippen LogP) is 1.86. The molecule has 0 fully saturated rings. The second-order valence-corrected chi connectivity index (χ2v) is 3.55. The normalized spacial score (nSPS) is 12.8. The topological polar surface area (TPSA) is 34.1 Å². The van der Waals surface area contributed by atoms with Gasteiger partial charge in [0.2, 0.25) is 0 Å². The van der Waals surface area contributed by atoms with Crippen LogP contribution in [0.2, 0.25) is 5.02 Å². The van der Waals surface area contributed by atoms with E-state index < -0.39 is 0 Å². The summed E-state index contributed by atoms with van der Waals surface area (Å²) in [4.78, 5) is 3.91. The first-order chi connectivity index (χ1) is 6.74. The number of ether oxygens (including phenoxy) is 1. The van der Waals surface area contributed by atoms with Gasteiger partial charge < -0.3 is 10.1 Å². The van der Waals surface area contributed by atoms with Crippen molar-refractivity contribution in [3.8, 4) is 0 Å². The van der Waals surface area contributed by atoms with Gasteiger partial charge in [-0.1, -0.05) is 11.6 Å². The van der Waals surface area contributed by atoms with Gasteiger partial charge in [-0.15, -0.1) is 0 Å². The van der Waals surface area contributed by atoms with Crippen LogP contribution < -0.4 is 5.32 Å². The van der Waals surface area contributed by atoms with E-state index in [-0.39, 0.29) is 6.10 Å². The van der Waals surface area contributed by atoms with Gasteiger partial charge in [-0.05, 0) is 25.6 Å². The fourth-order valence-corrected chi connectivity index (χ4v) is 1.27. The number of halogens is 1. The molecule has 1 aromatic rings. The van der Waals surface area contributed by atoms with Crippen molar-refractivity contribution in [2.75, 3.05) is 13.6 Å². The molecule has 1 atom stereocenters. The first-order valence-electron chi connectivity index (χ1n) is 4.58. The molecule has 0 bridgehead atoms. The number of likely N-dealkylation sites (N-methyl/N-ethyl adjacent to an activating group) is 1. The van der Waals surface area contributed by atoms with Gasteiger partial charge in [-0.3, -0.25) is 4.98 Å². The number of nitrogens with one attached hydrogen (secondary N) is 1. The Balaban J connectivity index is 2.41. The fourth-order valence-electron chi connectivity index (χ4n) is 1.10. The molecular formula is C10H15ClN2O. The van der Waals surface area contributed by atoms with Crippen molar-refractivity contribution in [1.29, 1.82) is 0 Å². The molecule has 1 heterocycles. The molecule has 0 aliphatic rings. The lowest BCUT2D eigenvalue weighted by Crippen LogP contribution is -2.23. The second kappa shape index (κ2) is 5.96. The molecule has 1 aromatic heterocycles. The van der Waals surface area contributed by atoms with E-state index in [1.807, 2.05) is 20.0 Å². The van der Waals surface area contributed by atoms with Crippen LogP contribution in [-0.2, 0) is 11.3 Å². The Morgan fingerprint density at radius 1 is 1.64 bits per heavy atom. The van der Waals surface area contributed by atoms with Crippen molar-refractivity contribution in [3.63, 3.8) is 0 Å². The molecule has 1 unspecified atom stereocenters. The summed E-state index contributed by atoms with van der Waals surface area (Å²) < 4.78 is 5.57. The lowest BCUT2D eigenvalue weighted by Gasteiger charge is -2.12. The zero-order valence-corrected chi connectivity index (χ0v) is 9.21. The van der Waals surface area contributed by atoms with Crippen LogP contribution in [0.15, 0.2) is 18.5 Å². The maximum atomic E-state index is 5.93. The van der Waals surface area contributed by atoms with Crippen LogP contribution in [0.5, 0.6) is 0 Å². The zero-order valence-electron chi connectivity index (χ0n) is 8.46. The summed E-state index contributed by atoms with van der Waals surface area (Å²) in [5.74, 6) is 0. The average Bonchev–Trinajstić information content (AvgIpc) is 2.17. The second-order valence-electron chi connectivity index (χ2n) is 3.15. The van der Waals surface area contributed by atoms with Crippen LogP contribution in [0, 0.1) is 0 Å². The van der Waals surface area contributed by atoms with E-state index in [1.54, 1.807) is 12.4 Å². The Morgan fingerprint density at radius 2 is 2.43 bits per heavy atom. The minimum atomic E-state index is 0.184. The molecule has 4 heteroatoms. The first-order valence-corrected chi connectivity index (χ1v) is 4.96. The molecule has 0 aliphatic heterocycles. The van der Waals surface area contributed by atoms with Crippen molar-refractivity contribution < 1.29 is 4.74 Å². The Kier molecular flexibility index (Phi) is 4.87. The summed E-state index contributed by atoms with van der Waals surface area (Å²) in [6.45, 7) is 3.39. The molecule has 0 amide bonds. The largest absolute Gasteiger partial charge is 0.372 e. The molecule has 1 rings (SSSR count). The van der Waals surface area contributed by atoms with Gasteiger partial charge in [0, 0.05) is 18.9 Å². The quantitative estimate of drug-likeness (QED) is 0.813. The molecular weight excluding hydrogens is 200 g/mol. The van der Waals surface area contributed by atoms with E-state index in [0.717, 1.165) is 12.1 Å². The van der Waals surface area contributed by atoms with Crippen molar-refractivity contribution >= 4 is 11.6 Å². The van der Waals surface area contributed by atoms with Crippen LogP contribution in [0.25, 0.3) is 0 Å². The third kappa shape index (κ3) is 3.62. The molecule has 0 saturated heterocycles. The smallest absolute Gasteiger partial charge is 0.0736 e. The van der Waals surface area contributed by atoms with E-state index in [0.29, 0.717) is 11.6 Å². The van der Waals surface area contributed by atoms with Gasteiger partial charge in [0.25, 0.3) is 0 Å². The van der Waals surface area contributed by atoms with Gasteiger partial charge in [-0.25, -0.2) is 0 Å². The Morgan fingerprint density at radius 3 is 3.07 bits per heavy atom. The molecule has 0 aromatic carbocycles. The van der Waals surface area contributed by atoms with E-state index in [1.165, 1.54) is 0 Å². The van der Waals surface area contributed by atoms with Crippen LogP contribution in [0.4, 0.5) is 0 Å². The standard InChI is InChI=1S/C10H15ClN2O/c1-8(5-12-2)14-7-9-3-4-13-6-10(9)11/h3-4,6,8,12H,5,7H2,1-2H3. The minimum absolute atomic E-state index is 0.184. The molecule has 0 radical (unpaired) electrons. The van der Waals surface area contributed by atoms with Crippen molar-refractivity contribution in [2.45, 2.75) is 19.6 Å². The van der Waals surface area contributed by atoms with Gasteiger partial charge in [0.1, 0.15) is 0 Å². The van der Waals surface area contributed by atoms with Crippen molar-refractivity contribution in [2.24, 2.45) is 0 Å². The van der Waals surface area contributed by atoms with Gasteiger partial charge in [0.05, 0.1) is 17.7 Å². The van der Waals surface area contributed by atoms with Crippen LogP contribution in [0.1, 0.15) is 12.5 Å². The van der Waals surface area contributed by atoms with Crippen LogP contribution in [0.3, 0.4) is 0 Å². The highest BCUT2D eigenvalue weighted by Crippen LogP contribution is 2.14. The fraction of sp³-hybridized carbons (Fsp3) is 0.500. The summed E-state index contributed by atoms with van der Waals surface area (Å²) >= 11 is 5.93. The summed E-state index contributed by atoms with van der Waals surface area (Å²) in [6.07, 6.45) is 3.53. The van der Waals surface area contributed by atoms with E-state index in [4.69, 9.17) is 16.3 Å². The highest BCUT2D eigenvalue weighted by Gasteiger charge is 2.03. The third-order valence-electron chi connectivity index (χ3n) is 1.87. The van der Waals surface area contributed by atoms with E-state index in [9.17, 15) is 0 Å². The zero-order chi connectivity index (χ0) is 10.4. The summed E-state index contributed by atoms with van der Waals surface area (Å²) in [6, 6.07) is 1.87. The molecule has 0 aliphatic carbocycles. The van der Waals surface area contributed by atoms with Gasteiger partial charge in [0.15, 0.2) is 0 Å². The molecule has 1 N–H and O–H groups in total. The van der Waals surface area contributed by atoms with Gasteiger partial charge >= 0.3 is 0 Å². The first kappa shape index (κ1) is 11.4. The lowest BCUT2D eigenvalue weighted by atomic mass is 10.3. The molecule has 0 spiro atoms. The summed E-state index contributed by atoms with van der Waals surface area (Å²) in [7, 11) is 1.90. The Labute approximate surface area is 89.4 Å². The average molecular weight is 215 g/mol. The number of rotatable bonds is 5. The summed E-state index contributed by atoms with van der Waals surface area (Å²) in [5.41, 5.74) is 0.976. The number of aromatic nitrogens is 1. The van der Waals surface area contributed by atoms with E-state index in [2.05, 4.69) is 10.3 Å². The number of pyridine rings is 1. The van der Waals surface area contributed by atoms with Crippen molar-refractivity contribution in [3.05, 3.63) is 29.0 Å². The third-order valence-corrected chi connectivity index (χ3v) is 2.21. The van der Waals surface area contributed by atoms with Crippen LogP contribution >= 0.6 is 11.6 Å². The Hall–Kier alpha value is -0.640. The number of hydrogen-bond acceptors (Lipinski definition) is 3. The van der Waals surface area contributed by atoms with Crippen LogP contribution in [-0.4, -0.2) is 24.7 Å². The molecule has 14 heavy (non-hydrogen) atoms. The maximum Gasteiger partial charge on any atom is 0.0736 e. The van der Waals surface area contributed by atoms with Gasteiger partial charge in [-0.2, -0.15) is 0 Å². The maximum absolute atomic E-state index is 5.93. The summed E-state index contributed by atoms with van der Waals surface area (Å²) in [5, 5.41) is 3.70. The predicted molar refractivity (Wildman–Crippen MR) is 57.4 cm³/mol. The Bertz CT molecular complexity index is 281. The monoisotopic (exact) mass is 214 g/mol. The molecule has 0 saturated carbocycles. The van der Waals surface area contributed by atoms with Crippen molar-refractivity contribution in [1.82, 2.24) is 10.3 Å². The number of hydrogen-bond donors (Lipinski definition) is 1. The highest BCUT2D eigenvalue weighted by molar-refractivity contribution is 6.31. The molecule has 3 nitrogen and oxygen atoms in total. The minimum Gasteiger partial charge on any atom is -0.372 e. The SMILES string of the molecule is CNCC(C)OCc1ccncc1Cl. The lowest BCUT2D eigenvalue weighted by molar-refractivity contribution is 0.0545. The molecule has 78 valence electrons. The van der Waals surface area contributed by atoms with E-state index >= 15 is 0 Å². The number of nitrogens with zero attached hydrogens (tertiary/aromatic N) is 1.